The topological polar surface area (TPSA) is 82.5 Å². The molecule has 1 aliphatic heterocycles. The lowest BCUT2D eigenvalue weighted by Gasteiger charge is -2.33. The predicted octanol–water partition coefficient (Wildman–Crippen LogP) is 2.99. The molecule has 0 saturated heterocycles. The molecule has 3 atom stereocenters. The summed E-state index contributed by atoms with van der Waals surface area (Å²) in [6.45, 7) is 13.1. The van der Waals surface area contributed by atoms with Crippen molar-refractivity contribution in [1.82, 2.24) is 20.9 Å². The average Bonchev–Trinajstić information content (AvgIpc) is 2.81. The summed E-state index contributed by atoms with van der Waals surface area (Å²) in [5.74, 6) is 2.07. The third-order valence-corrected chi connectivity index (χ3v) is 6.69. The summed E-state index contributed by atoms with van der Waals surface area (Å²) in [7, 11) is 0. The number of carboxylic acid groups (broad SMARTS) is 1. The summed E-state index contributed by atoms with van der Waals surface area (Å²) in [5.41, 5.74) is 0.782. The minimum atomic E-state index is -1.06. The van der Waals surface area contributed by atoms with Gasteiger partial charge < -0.3 is 20.1 Å². The number of rotatable bonds is 20. The minimum Gasteiger partial charge on any atom is -0.544 e. The average molecular weight is 492 g/mol. The van der Waals surface area contributed by atoms with E-state index in [1.54, 1.807) is 4.58 Å². The fourth-order valence-electron chi connectivity index (χ4n) is 4.60. The van der Waals surface area contributed by atoms with E-state index in [1.807, 2.05) is 6.92 Å². The molecule has 35 heavy (non-hydrogen) atoms. The number of aliphatic carboxylic acids is 1. The number of nitrogens with zero attached hydrogens (tertiary/aromatic N) is 2. The molecule has 0 aromatic heterocycles. The van der Waals surface area contributed by atoms with Crippen molar-refractivity contribution in [3.63, 3.8) is 0 Å². The second-order valence-electron chi connectivity index (χ2n) is 10.00. The van der Waals surface area contributed by atoms with E-state index in [1.165, 1.54) is 64.2 Å². The number of nitrogens with one attached hydrogen (secondary N) is 3. The van der Waals surface area contributed by atoms with Crippen molar-refractivity contribution in [3.8, 4) is 12.0 Å². The van der Waals surface area contributed by atoms with Crippen LogP contribution in [0.25, 0.3) is 0 Å². The van der Waals surface area contributed by atoms with Gasteiger partial charge >= 0.3 is 0 Å². The van der Waals surface area contributed by atoms with Crippen molar-refractivity contribution in [3.05, 3.63) is 0 Å². The first-order valence-electron chi connectivity index (χ1n) is 14.2. The van der Waals surface area contributed by atoms with Crippen LogP contribution in [0.4, 0.5) is 0 Å². The molecule has 1 aliphatic rings. The number of hydrogen-bond acceptors (Lipinski definition) is 6. The Hall–Kier alpha value is -1.62. The summed E-state index contributed by atoms with van der Waals surface area (Å²) in [5, 5.41) is 21.8. The van der Waals surface area contributed by atoms with Crippen LogP contribution in [0.15, 0.2) is 0 Å². The largest absolute Gasteiger partial charge is 0.544 e. The lowest BCUT2D eigenvalue weighted by Crippen LogP contribution is -2.56. The normalized spacial score (nSPS) is 16.8. The van der Waals surface area contributed by atoms with Crippen LogP contribution in [0.2, 0.25) is 0 Å². The van der Waals surface area contributed by atoms with Crippen LogP contribution in [0.3, 0.4) is 0 Å². The van der Waals surface area contributed by atoms with Crippen molar-refractivity contribution < 1.29 is 14.5 Å². The monoisotopic (exact) mass is 491 g/mol. The number of carbonyl (C=O) groups is 1. The molecular weight excluding hydrogens is 438 g/mol. The molecule has 3 N–H and O–H groups in total. The van der Waals surface area contributed by atoms with Crippen LogP contribution in [-0.4, -0.2) is 65.8 Å². The van der Waals surface area contributed by atoms with E-state index in [0.717, 1.165) is 31.6 Å². The SMILES string of the molecule is CCCCCCCCCCCCNC(C)NC(C)NC(CC)N1C#CC(C)=[N+](CC(=O)[O-])CCC1. The lowest BCUT2D eigenvalue weighted by molar-refractivity contribution is -0.528. The number of hydrogen-bond donors (Lipinski definition) is 3. The molecule has 0 aliphatic carbocycles. The summed E-state index contributed by atoms with van der Waals surface area (Å²) >= 11 is 0. The molecule has 1 rings (SSSR count). The summed E-state index contributed by atoms with van der Waals surface area (Å²) in [4.78, 5) is 13.1. The van der Waals surface area contributed by atoms with Crippen LogP contribution < -0.4 is 21.1 Å². The minimum absolute atomic E-state index is 0.0963. The molecule has 0 spiro atoms. The van der Waals surface area contributed by atoms with Crippen molar-refractivity contribution in [1.29, 1.82) is 0 Å². The van der Waals surface area contributed by atoms with E-state index in [9.17, 15) is 9.90 Å². The smallest absolute Gasteiger partial charge is 0.226 e. The number of carbonyl (C=O) groups excluding carboxylic acids is 1. The fourth-order valence-corrected chi connectivity index (χ4v) is 4.60. The molecule has 7 nitrogen and oxygen atoms in total. The molecule has 3 unspecified atom stereocenters. The Kier molecular flexibility index (Phi) is 17.5. The zero-order valence-corrected chi connectivity index (χ0v) is 23.3. The Balaban J connectivity index is 2.28. The van der Waals surface area contributed by atoms with Gasteiger partial charge in [-0.3, -0.25) is 10.6 Å². The standard InChI is InChI=1S/C28H53N5O2/c1-6-8-9-10-11-12-13-14-15-16-19-29-25(4)30-26(5)31-27(7-2)32-20-17-21-33(23-28(34)35)24(3)18-22-32/h25-27,29-31H,6-17,19-21,23H2,1-5H3. The first kappa shape index (κ1) is 31.4. The van der Waals surface area contributed by atoms with Crippen LogP contribution >= 0.6 is 0 Å². The molecule has 0 aromatic rings. The van der Waals surface area contributed by atoms with Gasteiger partial charge in [0.1, 0.15) is 12.5 Å². The van der Waals surface area contributed by atoms with Crippen molar-refractivity contribution in [2.45, 2.75) is 130 Å². The quantitative estimate of drug-likeness (QED) is 0.105. The van der Waals surface area contributed by atoms with Crippen LogP contribution in [0.5, 0.6) is 0 Å². The van der Waals surface area contributed by atoms with Crippen molar-refractivity contribution in [2.75, 3.05) is 26.2 Å². The molecule has 7 heteroatoms. The molecule has 0 radical (unpaired) electrons. The maximum Gasteiger partial charge on any atom is 0.226 e. The Morgan fingerprint density at radius 3 is 2.23 bits per heavy atom. The second kappa shape index (κ2) is 19.6. The molecule has 0 fully saturated rings. The highest BCUT2D eigenvalue weighted by molar-refractivity contribution is 5.94. The van der Waals surface area contributed by atoms with E-state index in [4.69, 9.17) is 0 Å². The van der Waals surface area contributed by atoms with E-state index < -0.39 is 5.97 Å². The van der Waals surface area contributed by atoms with E-state index in [0.29, 0.717) is 6.54 Å². The van der Waals surface area contributed by atoms with Crippen LogP contribution in [0, 0.1) is 12.0 Å². The molecule has 0 bridgehead atoms. The number of unbranched alkanes of at least 4 members (excludes halogenated alkanes) is 9. The Labute approximate surface area is 215 Å². The van der Waals surface area contributed by atoms with Gasteiger partial charge in [0.15, 0.2) is 6.54 Å². The molecule has 0 amide bonds. The van der Waals surface area contributed by atoms with E-state index >= 15 is 0 Å². The van der Waals surface area contributed by atoms with Crippen LogP contribution in [0.1, 0.15) is 112 Å². The van der Waals surface area contributed by atoms with Crippen molar-refractivity contribution >= 4 is 11.7 Å². The second-order valence-corrected chi connectivity index (χ2v) is 10.00. The van der Waals surface area contributed by atoms with Crippen LogP contribution in [-0.2, 0) is 4.79 Å². The van der Waals surface area contributed by atoms with Gasteiger partial charge in [0.25, 0.3) is 0 Å². The highest BCUT2D eigenvalue weighted by atomic mass is 16.4. The van der Waals surface area contributed by atoms with E-state index in [-0.39, 0.29) is 25.0 Å². The van der Waals surface area contributed by atoms with Gasteiger partial charge in [-0.2, -0.15) is 0 Å². The lowest BCUT2D eigenvalue weighted by atomic mass is 10.1. The van der Waals surface area contributed by atoms with Gasteiger partial charge in [-0.05, 0) is 33.2 Å². The molecule has 0 saturated carbocycles. The van der Waals surface area contributed by atoms with Gasteiger partial charge in [0, 0.05) is 31.9 Å². The van der Waals surface area contributed by atoms with E-state index in [2.05, 4.69) is 60.5 Å². The first-order chi connectivity index (χ1) is 16.9. The summed E-state index contributed by atoms with van der Waals surface area (Å²) < 4.78 is 1.79. The molecule has 202 valence electrons. The maximum absolute atomic E-state index is 11.0. The Morgan fingerprint density at radius 1 is 1.00 bits per heavy atom. The highest BCUT2D eigenvalue weighted by Gasteiger charge is 2.20. The van der Waals surface area contributed by atoms with Gasteiger partial charge in [-0.25, -0.2) is 4.58 Å². The third kappa shape index (κ3) is 15.2. The highest BCUT2D eigenvalue weighted by Crippen LogP contribution is 2.10. The van der Waals surface area contributed by atoms with Gasteiger partial charge in [-0.15, -0.1) is 0 Å². The summed E-state index contributed by atoms with van der Waals surface area (Å²) in [6, 6.07) is 3.24. The number of carboxylic acids is 1. The Bertz CT molecular complexity index is 670. The van der Waals surface area contributed by atoms with Crippen molar-refractivity contribution in [2.24, 2.45) is 0 Å². The van der Waals surface area contributed by atoms with Gasteiger partial charge in [0.05, 0.1) is 18.5 Å². The molecule has 1 heterocycles. The summed E-state index contributed by atoms with van der Waals surface area (Å²) in [6.07, 6.45) is 15.9. The zero-order chi connectivity index (χ0) is 25.9. The first-order valence-corrected chi connectivity index (χ1v) is 14.2. The molecule has 0 aromatic carbocycles. The Morgan fingerprint density at radius 2 is 1.63 bits per heavy atom. The van der Waals surface area contributed by atoms with Gasteiger partial charge in [-0.1, -0.05) is 71.6 Å². The van der Waals surface area contributed by atoms with Gasteiger partial charge in [0.2, 0.25) is 5.71 Å². The maximum atomic E-state index is 11.0. The third-order valence-electron chi connectivity index (χ3n) is 6.69. The molecular formula is C28H53N5O2. The fraction of sp³-hybridized carbons (Fsp3) is 0.857. The zero-order valence-electron chi connectivity index (χ0n) is 23.3. The predicted molar refractivity (Wildman–Crippen MR) is 144 cm³/mol.